The third kappa shape index (κ3) is 4.61. The number of rotatable bonds is 7. The Hall–Kier alpha value is -3.45. The average Bonchev–Trinajstić information content (AvgIpc) is 3.52. The zero-order chi connectivity index (χ0) is 23.7. The Labute approximate surface area is 205 Å². The average molecular weight is 520 g/mol. The largest absolute Gasteiger partial charge is 0.491 e. The Morgan fingerprint density at radius 1 is 1.15 bits per heavy atom. The van der Waals surface area contributed by atoms with Gasteiger partial charge in [0.15, 0.2) is 11.6 Å². The molecule has 0 aliphatic heterocycles. The fraction of sp³-hybridized carbons (Fsp3) is 0.185. The van der Waals surface area contributed by atoms with Crippen molar-refractivity contribution >= 4 is 27.5 Å². The second-order valence-corrected chi connectivity index (χ2v) is 9.16. The van der Waals surface area contributed by atoms with Gasteiger partial charge in [-0.3, -0.25) is 4.79 Å². The van der Waals surface area contributed by atoms with Gasteiger partial charge >= 0.3 is 0 Å². The molecule has 172 valence electrons. The Kier molecular flexibility index (Phi) is 6.20. The molecule has 3 aromatic carbocycles. The van der Waals surface area contributed by atoms with Crippen LogP contribution in [0.5, 0.6) is 5.75 Å². The maximum absolute atomic E-state index is 14.7. The normalized spacial score (nSPS) is 16.8. The molecule has 0 spiro atoms. The molecule has 2 unspecified atom stereocenters. The van der Waals surface area contributed by atoms with E-state index in [1.54, 1.807) is 10.7 Å². The lowest BCUT2D eigenvalue weighted by molar-refractivity contribution is -0.117. The van der Waals surface area contributed by atoms with Crippen molar-refractivity contribution in [1.29, 1.82) is 0 Å². The highest BCUT2D eigenvalue weighted by Crippen LogP contribution is 2.51. The van der Waals surface area contributed by atoms with Crippen LogP contribution in [-0.2, 0) is 4.79 Å². The first kappa shape index (κ1) is 22.3. The summed E-state index contributed by atoms with van der Waals surface area (Å²) in [6.07, 6.45) is 2.67. The third-order valence-electron chi connectivity index (χ3n) is 5.89. The van der Waals surface area contributed by atoms with Gasteiger partial charge in [-0.05, 0) is 61.9 Å². The molecule has 1 aliphatic rings. The molecule has 1 fully saturated rings. The Morgan fingerprint density at radius 3 is 2.71 bits per heavy atom. The molecule has 0 radical (unpaired) electrons. The van der Waals surface area contributed by atoms with Crippen LogP contribution in [0.1, 0.15) is 24.8 Å². The number of ether oxygens (including phenoxy) is 1. The van der Waals surface area contributed by atoms with Crippen LogP contribution in [0.25, 0.3) is 16.9 Å². The van der Waals surface area contributed by atoms with Crippen LogP contribution >= 0.6 is 15.9 Å². The van der Waals surface area contributed by atoms with Gasteiger partial charge < -0.3 is 10.1 Å². The molecule has 5 rings (SSSR count). The van der Waals surface area contributed by atoms with Gasteiger partial charge in [0.05, 0.1) is 18.0 Å². The van der Waals surface area contributed by atoms with E-state index in [1.165, 1.54) is 6.07 Å². The van der Waals surface area contributed by atoms with Gasteiger partial charge in [0.1, 0.15) is 0 Å². The molecule has 1 N–H and O–H groups in total. The van der Waals surface area contributed by atoms with E-state index >= 15 is 0 Å². The van der Waals surface area contributed by atoms with Gasteiger partial charge in [0.25, 0.3) is 0 Å². The number of benzene rings is 3. The van der Waals surface area contributed by atoms with E-state index in [2.05, 4.69) is 21.2 Å². The molecule has 1 aliphatic carbocycles. The number of halogens is 2. The van der Waals surface area contributed by atoms with Crippen molar-refractivity contribution in [3.63, 3.8) is 0 Å². The first-order valence-electron chi connectivity index (χ1n) is 11.2. The van der Waals surface area contributed by atoms with Crippen molar-refractivity contribution < 1.29 is 13.9 Å². The molecule has 34 heavy (non-hydrogen) atoms. The van der Waals surface area contributed by atoms with Crippen LogP contribution in [-0.4, -0.2) is 22.3 Å². The number of para-hydroxylation sites is 1. The van der Waals surface area contributed by atoms with Gasteiger partial charge in [-0.2, -0.15) is 5.10 Å². The molecular weight excluding hydrogens is 497 g/mol. The van der Waals surface area contributed by atoms with Crippen LogP contribution in [0.3, 0.4) is 0 Å². The highest BCUT2D eigenvalue weighted by molar-refractivity contribution is 9.10. The van der Waals surface area contributed by atoms with Crippen molar-refractivity contribution in [2.24, 2.45) is 5.92 Å². The predicted molar refractivity (Wildman–Crippen MR) is 134 cm³/mol. The lowest BCUT2D eigenvalue weighted by Crippen LogP contribution is -2.14. The summed E-state index contributed by atoms with van der Waals surface area (Å²) in [5.74, 6) is -0.403. The van der Waals surface area contributed by atoms with E-state index in [0.717, 1.165) is 21.4 Å². The summed E-state index contributed by atoms with van der Waals surface area (Å²) in [5, 5.41) is 7.79. The van der Waals surface area contributed by atoms with Gasteiger partial charge in [0, 0.05) is 39.3 Å². The van der Waals surface area contributed by atoms with Crippen molar-refractivity contribution in [3.05, 3.63) is 94.8 Å². The lowest BCUT2D eigenvalue weighted by Gasteiger charge is -2.07. The molecule has 1 heterocycles. The van der Waals surface area contributed by atoms with E-state index < -0.39 is 5.82 Å². The molecule has 7 heteroatoms. The minimum absolute atomic E-state index is 0.00856. The van der Waals surface area contributed by atoms with Gasteiger partial charge in [-0.15, -0.1) is 0 Å². The molecule has 1 saturated carbocycles. The summed E-state index contributed by atoms with van der Waals surface area (Å²) in [4.78, 5) is 12.9. The van der Waals surface area contributed by atoms with Crippen LogP contribution in [0, 0.1) is 11.7 Å². The molecule has 0 bridgehead atoms. The van der Waals surface area contributed by atoms with Gasteiger partial charge in [-0.1, -0.05) is 40.2 Å². The number of carbonyl (C=O) groups is 1. The van der Waals surface area contributed by atoms with Crippen molar-refractivity contribution in [2.45, 2.75) is 19.3 Å². The van der Waals surface area contributed by atoms with Crippen LogP contribution in [0.15, 0.2) is 83.5 Å². The summed E-state index contributed by atoms with van der Waals surface area (Å²) in [5.41, 5.74) is 3.91. The first-order chi connectivity index (χ1) is 16.5. The zero-order valence-electron chi connectivity index (χ0n) is 18.5. The molecular formula is C27H23BrFN3O2. The number of carbonyl (C=O) groups excluding carboxylic acids is 1. The third-order valence-corrected chi connectivity index (χ3v) is 6.38. The van der Waals surface area contributed by atoms with Crippen molar-refractivity contribution in [1.82, 2.24) is 9.78 Å². The molecule has 1 aromatic heterocycles. The first-order valence-corrected chi connectivity index (χ1v) is 12.0. The van der Waals surface area contributed by atoms with Crippen LogP contribution in [0.2, 0.25) is 0 Å². The molecule has 4 aromatic rings. The Morgan fingerprint density at radius 2 is 1.97 bits per heavy atom. The second-order valence-electron chi connectivity index (χ2n) is 8.24. The van der Waals surface area contributed by atoms with Crippen molar-refractivity contribution in [2.75, 3.05) is 11.9 Å². The Bertz CT molecular complexity index is 1340. The SMILES string of the molecule is CCOc1ccc(-c2nn(-c3ccccc3)cc2C2CC2C(=O)Nc2cccc(Br)c2)cc1F. The highest BCUT2D eigenvalue weighted by atomic mass is 79.9. The standard InChI is InChI=1S/C27H23BrFN3O2/c1-2-34-25-12-11-17(13-24(25)29)26-23(16-32(31-26)20-9-4-3-5-10-20)21-15-22(21)27(33)30-19-8-6-7-18(28)14-19/h3-14,16,21-22H,2,15H2,1H3,(H,30,33). The molecule has 0 saturated heterocycles. The maximum Gasteiger partial charge on any atom is 0.228 e. The number of hydrogen-bond donors (Lipinski definition) is 1. The number of amides is 1. The lowest BCUT2D eigenvalue weighted by atomic mass is 10.0. The second kappa shape index (κ2) is 9.43. The van der Waals surface area contributed by atoms with E-state index in [-0.39, 0.29) is 23.5 Å². The van der Waals surface area contributed by atoms with Crippen molar-refractivity contribution in [3.8, 4) is 22.7 Å². The van der Waals surface area contributed by atoms with Crippen LogP contribution < -0.4 is 10.1 Å². The maximum atomic E-state index is 14.7. The molecule has 1 amide bonds. The quantitative estimate of drug-likeness (QED) is 0.300. The summed E-state index contributed by atoms with van der Waals surface area (Å²) < 4.78 is 22.7. The number of hydrogen-bond acceptors (Lipinski definition) is 3. The summed E-state index contributed by atoms with van der Waals surface area (Å²) >= 11 is 3.43. The fourth-order valence-corrected chi connectivity index (χ4v) is 4.55. The summed E-state index contributed by atoms with van der Waals surface area (Å²) in [6.45, 7) is 2.21. The minimum atomic E-state index is -0.431. The van der Waals surface area contributed by atoms with E-state index in [0.29, 0.717) is 24.3 Å². The topological polar surface area (TPSA) is 56.2 Å². The predicted octanol–water partition coefficient (Wildman–Crippen LogP) is 6.58. The Balaban J connectivity index is 1.46. The number of aromatic nitrogens is 2. The van der Waals surface area contributed by atoms with E-state index in [4.69, 9.17) is 9.84 Å². The van der Waals surface area contributed by atoms with E-state index in [9.17, 15) is 9.18 Å². The highest BCUT2D eigenvalue weighted by Gasteiger charge is 2.46. The van der Waals surface area contributed by atoms with Gasteiger partial charge in [-0.25, -0.2) is 9.07 Å². The summed E-state index contributed by atoms with van der Waals surface area (Å²) in [7, 11) is 0. The van der Waals surface area contributed by atoms with E-state index in [1.807, 2.05) is 73.8 Å². The zero-order valence-corrected chi connectivity index (χ0v) is 20.1. The van der Waals surface area contributed by atoms with Gasteiger partial charge in [0.2, 0.25) is 5.91 Å². The number of nitrogens with zero attached hydrogens (tertiary/aromatic N) is 2. The smallest absolute Gasteiger partial charge is 0.228 e. The number of anilines is 1. The molecule has 5 nitrogen and oxygen atoms in total. The summed E-state index contributed by atoms with van der Waals surface area (Å²) in [6, 6.07) is 22.2. The monoisotopic (exact) mass is 519 g/mol. The number of nitrogens with one attached hydrogen (secondary N) is 1. The molecule has 2 atom stereocenters. The van der Waals surface area contributed by atoms with Crippen LogP contribution in [0.4, 0.5) is 10.1 Å². The minimum Gasteiger partial charge on any atom is -0.491 e. The fourth-order valence-electron chi connectivity index (χ4n) is 4.15.